The summed E-state index contributed by atoms with van der Waals surface area (Å²) in [7, 11) is 0. The Morgan fingerprint density at radius 2 is 2.03 bits per heavy atom. The first-order chi connectivity index (χ1) is 14.9. The van der Waals surface area contributed by atoms with Crippen molar-refractivity contribution in [2.45, 2.75) is 38.6 Å². The largest absolute Gasteiger partial charge is 0.483 e. The summed E-state index contributed by atoms with van der Waals surface area (Å²) in [5.41, 5.74) is 2.26. The number of ether oxygens (including phenoxy) is 1. The molecule has 0 radical (unpaired) electrons. The molecule has 1 N–H and O–H groups in total. The van der Waals surface area contributed by atoms with E-state index in [0.717, 1.165) is 16.9 Å². The number of carbonyl (C=O) groups is 1. The Hall–Kier alpha value is -2.84. The van der Waals surface area contributed by atoms with Gasteiger partial charge >= 0.3 is 0 Å². The fourth-order valence-electron chi connectivity index (χ4n) is 3.02. The smallest absolute Gasteiger partial charge is 0.236 e. The molecule has 3 aromatic rings. The monoisotopic (exact) mass is 457 g/mol. The summed E-state index contributed by atoms with van der Waals surface area (Å²) in [4.78, 5) is 16.3. The molecule has 1 atom stereocenters. The number of nitrogens with zero attached hydrogens (tertiary/aromatic N) is 4. The van der Waals surface area contributed by atoms with Crippen molar-refractivity contribution in [3.8, 4) is 5.75 Å². The van der Waals surface area contributed by atoms with Gasteiger partial charge in [0, 0.05) is 12.7 Å². The van der Waals surface area contributed by atoms with Crippen molar-refractivity contribution < 1.29 is 9.53 Å². The maximum atomic E-state index is 12.3. The average molecular weight is 458 g/mol. The third kappa shape index (κ3) is 6.32. The van der Waals surface area contributed by atoms with Crippen LogP contribution in [0.15, 0.2) is 54.3 Å². The zero-order valence-corrected chi connectivity index (χ0v) is 19.2. The number of rotatable bonds is 9. The molecule has 9 heteroatoms. The highest BCUT2D eigenvalue weighted by Crippen LogP contribution is 2.26. The summed E-state index contributed by atoms with van der Waals surface area (Å²) in [5.74, 6) is 1.85. The van der Waals surface area contributed by atoms with Crippen LogP contribution in [0.2, 0.25) is 5.02 Å². The lowest BCUT2D eigenvalue weighted by Gasteiger charge is -2.16. The Balaban J connectivity index is 1.68. The van der Waals surface area contributed by atoms with Gasteiger partial charge in [0.1, 0.15) is 11.6 Å². The van der Waals surface area contributed by atoms with E-state index >= 15 is 0 Å². The molecule has 162 valence electrons. The van der Waals surface area contributed by atoms with Gasteiger partial charge in [0.15, 0.2) is 17.1 Å². The fraction of sp³-hybridized carbons (Fsp3) is 0.273. The topological polar surface area (TPSA) is 81.9 Å². The number of pyridine rings is 1. The zero-order chi connectivity index (χ0) is 22.4. The minimum atomic E-state index is -0.324. The van der Waals surface area contributed by atoms with Gasteiger partial charge in [-0.05, 0) is 56.2 Å². The van der Waals surface area contributed by atoms with Gasteiger partial charge in [0.05, 0.1) is 10.8 Å². The van der Waals surface area contributed by atoms with Gasteiger partial charge in [0.2, 0.25) is 5.91 Å². The van der Waals surface area contributed by atoms with Gasteiger partial charge in [0.25, 0.3) is 0 Å². The molecule has 0 aliphatic heterocycles. The van der Waals surface area contributed by atoms with Crippen molar-refractivity contribution in [2.75, 3.05) is 11.1 Å². The van der Waals surface area contributed by atoms with E-state index in [1.165, 1.54) is 18.0 Å². The van der Waals surface area contributed by atoms with Crippen LogP contribution >= 0.6 is 23.4 Å². The van der Waals surface area contributed by atoms with Gasteiger partial charge < -0.3 is 10.1 Å². The minimum Gasteiger partial charge on any atom is -0.483 e. The molecule has 1 amide bonds. The van der Waals surface area contributed by atoms with Crippen molar-refractivity contribution in [3.63, 3.8) is 0 Å². The van der Waals surface area contributed by atoms with Gasteiger partial charge in [-0.3, -0.25) is 9.36 Å². The summed E-state index contributed by atoms with van der Waals surface area (Å²) >= 11 is 7.10. The van der Waals surface area contributed by atoms with Crippen molar-refractivity contribution in [1.29, 1.82) is 0 Å². The van der Waals surface area contributed by atoms with Crippen LogP contribution in [-0.2, 0) is 11.3 Å². The molecule has 0 bridgehead atoms. The normalized spacial score (nSPS) is 11.7. The maximum absolute atomic E-state index is 12.3. The predicted molar refractivity (Wildman–Crippen MR) is 124 cm³/mol. The number of nitrogens with one attached hydrogen (secondary N) is 1. The standard InChI is InChI=1S/C22H24ClN5O2S/c1-5-8-28-21(16(4)30-18-10-14(2)9-15(3)11-18)26-27-22(28)31-13-20(29)25-19-7-6-17(23)12-24-19/h5-7,9-12,16H,1,8,13H2,2-4H3,(H,24,25,29)/t16-/m0/s1. The number of aromatic nitrogens is 4. The molecule has 0 saturated carbocycles. The molecule has 0 unspecified atom stereocenters. The summed E-state index contributed by atoms with van der Waals surface area (Å²) in [5, 5.41) is 12.4. The summed E-state index contributed by atoms with van der Waals surface area (Å²) in [6.07, 6.45) is 2.92. The van der Waals surface area contributed by atoms with E-state index in [-0.39, 0.29) is 17.8 Å². The van der Waals surface area contributed by atoms with Gasteiger partial charge in [-0.25, -0.2) is 4.98 Å². The Morgan fingerprint density at radius 1 is 1.29 bits per heavy atom. The molecule has 0 aliphatic carbocycles. The lowest BCUT2D eigenvalue weighted by atomic mass is 10.1. The molecular weight excluding hydrogens is 434 g/mol. The highest BCUT2D eigenvalue weighted by Gasteiger charge is 2.20. The highest BCUT2D eigenvalue weighted by molar-refractivity contribution is 7.99. The lowest BCUT2D eigenvalue weighted by molar-refractivity contribution is -0.113. The predicted octanol–water partition coefficient (Wildman–Crippen LogP) is 5.00. The molecule has 1 aromatic carbocycles. The molecule has 2 heterocycles. The van der Waals surface area contributed by atoms with E-state index in [1.807, 2.05) is 37.5 Å². The molecule has 7 nitrogen and oxygen atoms in total. The number of allylic oxidation sites excluding steroid dienone is 1. The third-order valence-electron chi connectivity index (χ3n) is 4.26. The number of benzene rings is 1. The average Bonchev–Trinajstić information content (AvgIpc) is 3.10. The second-order valence-corrected chi connectivity index (χ2v) is 8.40. The van der Waals surface area contributed by atoms with Crippen LogP contribution in [0.5, 0.6) is 5.75 Å². The number of carbonyl (C=O) groups excluding carboxylic acids is 1. The molecule has 0 saturated heterocycles. The van der Waals surface area contributed by atoms with Crippen molar-refractivity contribution in [3.05, 3.63) is 71.2 Å². The Labute approximate surface area is 190 Å². The van der Waals surface area contributed by atoms with E-state index in [0.29, 0.717) is 28.4 Å². The number of halogens is 1. The zero-order valence-electron chi connectivity index (χ0n) is 17.6. The first kappa shape index (κ1) is 22.8. The van der Waals surface area contributed by atoms with Crippen LogP contribution < -0.4 is 10.1 Å². The van der Waals surface area contributed by atoms with E-state index in [1.54, 1.807) is 18.2 Å². The number of aryl methyl sites for hydroxylation is 2. The molecule has 2 aromatic heterocycles. The first-order valence-electron chi connectivity index (χ1n) is 9.69. The first-order valence-corrected chi connectivity index (χ1v) is 11.0. The van der Waals surface area contributed by atoms with E-state index in [9.17, 15) is 4.79 Å². The lowest BCUT2D eigenvalue weighted by Crippen LogP contribution is -2.16. The van der Waals surface area contributed by atoms with Gasteiger partial charge in [-0.2, -0.15) is 0 Å². The van der Waals surface area contributed by atoms with Crippen LogP contribution in [0.25, 0.3) is 0 Å². The number of anilines is 1. The summed E-state index contributed by atoms with van der Waals surface area (Å²) < 4.78 is 8.01. The Bertz CT molecular complexity index is 1050. The number of thioether (sulfide) groups is 1. The SMILES string of the molecule is C=CCn1c(SCC(=O)Nc2ccc(Cl)cn2)nnc1[C@H](C)Oc1cc(C)cc(C)c1. The molecular formula is C22H24ClN5O2S. The molecule has 3 rings (SSSR count). The van der Waals surface area contributed by atoms with E-state index in [4.69, 9.17) is 16.3 Å². The van der Waals surface area contributed by atoms with Crippen LogP contribution in [0.3, 0.4) is 0 Å². The van der Waals surface area contributed by atoms with Crippen LogP contribution in [0, 0.1) is 13.8 Å². The second-order valence-electron chi connectivity index (χ2n) is 7.02. The molecule has 0 aliphatic rings. The van der Waals surface area contributed by atoms with Gasteiger partial charge in [-0.1, -0.05) is 35.5 Å². The quantitative estimate of drug-likeness (QED) is 0.359. The third-order valence-corrected chi connectivity index (χ3v) is 5.45. The molecule has 0 spiro atoms. The van der Waals surface area contributed by atoms with Gasteiger partial charge in [-0.15, -0.1) is 16.8 Å². The number of hydrogen-bond acceptors (Lipinski definition) is 6. The highest BCUT2D eigenvalue weighted by atomic mass is 35.5. The van der Waals surface area contributed by atoms with Crippen molar-refractivity contribution in [1.82, 2.24) is 19.7 Å². The molecule has 31 heavy (non-hydrogen) atoms. The minimum absolute atomic E-state index is 0.159. The number of hydrogen-bond donors (Lipinski definition) is 1. The number of amides is 1. The summed E-state index contributed by atoms with van der Waals surface area (Å²) in [6.45, 7) is 10.3. The molecule has 0 fully saturated rings. The van der Waals surface area contributed by atoms with E-state index < -0.39 is 0 Å². The van der Waals surface area contributed by atoms with Crippen LogP contribution in [-0.4, -0.2) is 31.4 Å². The summed E-state index contributed by atoms with van der Waals surface area (Å²) in [6, 6.07) is 9.39. The van der Waals surface area contributed by atoms with Crippen molar-refractivity contribution in [2.24, 2.45) is 0 Å². The van der Waals surface area contributed by atoms with Crippen molar-refractivity contribution >= 4 is 35.1 Å². The van der Waals surface area contributed by atoms with Crippen LogP contribution in [0.4, 0.5) is 5.82 Å². The maximum Gasteiger partial charge on any atom is 0.236 e. The fourth-order valence-corrected chi connectivity index (χ4v) is 3.89. The van der Waals surface area contributed by atoms with Crippen LogP contribution in [0.1, 0.15) is 30.0 Å². The Kier molecular flexibility index (Phi) is 7.70. The second kappa shape index (κ2) is 10.5. The Morgan fingerprint density at radius 3 is 2.68 bits per heavy atom. The van der Waals surface area contributed by atoms with E-state index in [2.05, 4.69) is 33.1 Å².